The molecule has 3 aromatic rings. The fourth-order valence-electron chi connectivity index (χ4n) is 3.51. The highest BCUT2D eigenvalue weighted by Crippen LogP contribution is 2.22. The van der Waals surface area contributed by atoms with Crippen LogP contribution in [0.1, 0.15) is 21.6 Å². The Hall–Kier alpha value is -3.85. The lowest BCUT2D eigenvalue weighted by Gasteiger charge is -2.36. The van der Waals surface area contributed by atoms with E-state index in [0.717, 1.165) is 5.69 Å². The number of methoxy groups -OCH3 is 1. The van der Waals surface area contributed by atoms with E-state index < -0.39 is 0 Å². The molecular weight excluding hydrogens is 393 g/mol. The molecule has 0 atom stereocenters. The summed E-state index contributed by atoms with van der Waals surface area (Å²) in [6, 6.07) is 17.3. The highest BCUT2D eigenvalue weighted by molar-refractivity contribution is 5.95. The Morgan fingerprint density at radius 3 is 2.45 bits per heavy atom. The number of anilines is 1. The maximum atomic E-state index is 13.2. The molecule has 1 amide bonds. The van der Waals surface area contributed by atoms with Crippen LogP contribution >= 0.6 is 0 Å². The molecule has 156 valence electrons. The molecule has 31 heavy (non-hydrogen) atoms. The Kier molecular flexibility index (Phi) is 6.13. The second-order valence-electron chi connectivity index (χ2n) is 7.14. The number of hydrogen-bond donors (Lipinski definition) is 0. The molecule has 1 fully saturated rings. The third kappa shape index (κ3) is 4.84. The highest BCUT2D eigenvalue weighted by atomic mass is 19.1. The average molecular weight is 415 g/mol. The van der Waals surface area contributed by atoms with Crippen LogP contribution in [-0.2, 0) is 0 Å². The first-order chi connectivity index (χ1) is 15.1. The average Bonchev–Trinajstić information content (AvgIpc) is 2.83. The van der Waals surface area contributed by atoms with Crippen molar-refractivity contribution in [1.82, 2.24) is 9.88 Å². The van der Waals surface area contributed by atoms with Gasteiger partial charge in [0.15, 0.2) is 0 Å². The van der Waals surface area contributed by atoms with Crippen molar-refractivity contribution in [3.05, 3.63) is 89.5 Å². The van der Waals surface area contributed by atoms with Gasteiger partial charge in [0.1, 0.15) is 17.3 Å². The van der Waals surface area contributed by atoms with Crippen LogP contribution in [0, 0.1) is 17.7 Å². The number of benzene rings is 2. The Balaban J connectivity index is 1.47. The Labute approximate surface area is 181 Å². The topological polar surface area (TPSA) is 45.7 Å². The van der Waals surface area contributed by atoms with Crippen LogP contribution in [-0.4, -0.2) is 49.1 Å². The molecule has 2 aromatic carbocycles. The van der Waals surface area contributed by atoms with Crippen LogP contribution < -0.4 is 9.64 Å². The Morgan fingerprint density at radius 1 is 1.00 bits per heavy atom. The van der Waals surface area contributed by atoms with Crippen molar-refractivity contribution >= 4 is 11.6 Å². The van der Waals surface area contributed by atoms with E-state index in [1.165, 1.54) is 12.1 Å². The van der Waals surface area contributed by atoms with Gasteiger partial charge in [-0.05, 0) is 60.5 Å². The first-order valence-corrected chi connectivity index (χ1v) is 10.0. The summed E-state index contributed by atoms with van der Waals surface area (Å²) in [6.07, 6.45) is 1.69. The predicted molar refractivity (Wildman–Crippen MR) is 118 cm³/mol. The lowest BCUT2D eigenvalue weighted by atomic mass is 10.1. The highest BCUT2D eigenvalue weighted by Gasteiger charge is 2.23. The van der Waals surface area contributed by atoms with Crippen LogP contribution in [0.4, 0.5) is 10.1 Å². The standard InChI is InChI=1S/C25H22FN3O2/c1-31-24-12-6-20(18-19(24)5-9-22-4-2-3-13-27-22)25(30)29-16-14-28(15-17-29)23-10-7-21(26)8-11-23/h2-4,6-8,10-13,18H,14-17H2,1H3. The van der Waals surface area contributed by atoms with E-state index in [1.54, 1.807) is 43.6 Å². The van der Waals surface area contributed by atoms with E-state index in [0.29, 0.717) is 48.7 Å². The van der Waals surface area contributed by atoms with Crippen LogP contribution in [0.5, 0.6) is 5.75 Å². The molecule has 5 nitrogen and oxygen atoms in total. The van der Waals surface area contributed by atoms with E-state index in [1.807, 2.05) is 23.1 Å². The largest absolute Gasteiger partial charge is 0.495 e. The molecule has 0 aliphatic carbocycles. The fourth-order valence-corrected chi connectivity index (χ4v) is 3.51. The molecule has 4 rings (SSSR count). The summed E-state index contributed by atoms with van der Waals surface area (Å²) in [6.45, 7) is 2.58. The summed E-state index contributed by atoms with van der Waals surface area (Å²) in [5, 5.41) is 0. The smallest absolute Gasteiger partial charge is 0.254 e. The van der Waals surface area contributed by atoms with Gasteiger partial charge in [0.25, 0.3) is 5.91 Å². The molecule has 0 saturated carbocycles. The zero-order valence-corrected chi connectivity index (χ0v) is 17.2. The van der Waals surface area contributed by atoms with Crippen molar-refractivity contribution in [2.45, 2.75) is 0 Å². The number of rotatable bonds is 3. The van der Waals surface area contributed by atoms with Crippen molar-refractivity contribution in [3.63, 3.8) is 0 Å². The van der Waals surface area contributed by atoms with Gasteiger partial charge in [0.05, 0.1) is 12.7 Å². The quantitative estimate of drug-likeness (QED) is 0.614. The number of pyridine rings is 1. The molecule has 0 N–H and O–H groups in total. The maximum absolute atomic E-state index is 13.2. The normalized spacial score (nSPS) is 13.4. The van der Waals surface area contributed by atoms with Gasteiger partial charge in [-0.25, -0.2) is 9.37 Å². The van der Waals surface area contributed by atoms with Crippen molar-refractivity contribution in [1.29, 1.82) is 0 Å². The molecular formula is C25H22FN3O2. The van der Waals surface area contributed by atoms with Gasteiger partial charge < -0.3 is 14.5 Å². The molecule has 2 heterocycles. The molecule has 1 aliphatic heterocycles. The second-order valence-corrected chi connectivity index (χ2v) is 7.14. The lowest BCUT2D eigenvalue weighted by Crippen LogP contribution is -2.48. The lowest BCUT2D eigenvalue weighted by molar-refractivity contribution is 0.0746. The molecule has 0 spiro atoms. The van der Waals surface area contributed by atoms with E-state index >= 15 is 0 Å². The second kappa shape index (κ2) is 9.31. The zero-order chi connectivity index (χ0) is 21.6. The molecule has 1 saturated heterocycles. The number of carbonyl (C=O) groups excluding carboxylic acids is 1. The number of halogens is 1. The number of hydrogen-bond acceptors (Lipinski definition) is 4. The summed E-state index contributed by atoms with van der Waals surface area (Å²) in [7, 11) is 1.58. The van der Waals surface area contributed by atoms with Crippen LogP contribution in [0.15, 0.2) is 66.9 Å². The minimum Gasteiger partial charge on any atom is -0.495 e. The molecule has 6 heteroatoms. The Bertz CT molecular complexity index is 1110. The fraction of sp³-hybridized carbons (Fsp3) is 0.200. The predicted octanol–water partition coefficient (Wildman–Crippen LogP) is 3.59. The van der Waals surface area contributed by atoms with Crippen molar-refractivity contribution in [2.24, 2.45) is 0 Å². The summed E-state index contributed by atoms with van der Waals surface area (Å²) in [5.41, 5.74) is 2.83. The van der Waals surface area contributed by atoms with Gasteiger partial charge in [-0.3, -0.25) is 4.79 Å². The van der Waals surface area contributed by atoms with Crippen molar-refractivity contribution in [2.75, 3.05) is 38.2 Å². The third-order valence-corrected chi connectivity index (χ3v) is 5.20. The Morgan fingerprint density at radius 2 is 1.77 bits per heavy atom. The zero-order valence-electron chi connectivity index (χ0n) is 17.2. The molecule has 0 radical (unpaired) electrons. The first kappa shape index (κ1) is 20.4. The summed E-state index contributed by atoms with van der Waals surface area (Å²) < 4.78 is 18.6. The number of carbonyl (C=O) groups is 1. The van der Waals surface area contributed by atoms with E-state index in [9.17, 15) is 9.18 Å². The van der Waals surface area contributed by atoms with Gasteiger partial charge in [0.2, 0.25) is 0 Å². The number of nitrogens with zero attached hydrogens (tertiary/aromatic N) is 3. The van der Waals surface area contributed by atoms with Gasteiger partial charge in [-0.2, -0.15) is 0 Å². The first-order valence-electron chi connectivity index (χ1n) is 10.0. The number of amides is 1. The van der Waals surface area contributed by atoms with Gasteiger partial charge in [-0.1, -0.05) is 12.0 Å². The monoisotopic (exact) mass is 415 g/mol. The van der Waals surface area contributed by atoms with Gasteiger partial charge in [0, 0.05) is 43.6 Å². The number of piperazine rings is 1. The molecule has 0 unspecified atom stereocenters. The SMILES string of the molecule is COc1ccc(C(=O)N2CCN(c3ccc(F)cc3)CC2)cc1C#Cc1ccccn1. The van der Waals surface area contributed by atoms with Gasteiger partial charge in [-0.15, -0.1) is 0 Å². The summed E-state index contributed by atoms with van der Waals surface area (Å²) in [5.74, 6) is 6.40. The summed E-state index contributed by atoms with van der Waals surface area (Å²) in [4.78, 5) is 21.3. The van der Waals surface area contributed by atoms with Crippen molar-refractivity contribution < 1.29 is 13.9 Å². The number of aromatic nitrogens is 1. The van der Waals surface area contributed by atoms with Gasteiger partial charge >= 0.3 is 0 Å². The number of ether oxygens (including phenoxy) is 1. The molecule has 1 aromatic heterocycles. The van der Waals surface area contributed by atoms with Crippen LogP contribution in [0.25, 0.3) is 0 Å². The van der Waals surface area contributed by atoms with E-state index in [4.69, 9.17) is 4.74 Å². The van der Waals surface area contributed by atoms with E-state index in [2.05, 4.69) is 21.7 Å². The van der Waals surface area contributed by atoms with Crippen molar-refractivity contribution in [3.8, 4) is 17.6 Å². The molecule has 1 aliphatic rings. The maximum Gasteiger partial charge on any atom is 0.254 e. The summed E-state index contributed by atoms with van der Waals surface area (Å²) >= 11 is 0. The minimum absolute atomic E-state index is 0.0395. The minimum atomic E-state index is -0.251. The third-order valence-electron chi connectivity index (χ3n) is 5.20. The van der Waals surface area contributed by atoms with Crippen LogP contribution in [0.3, 0.4) is 0 Å². The molecule has 0 bridgehead atoms. The van der Waals surface area contributed by atoms with E-state index in [-0.39, 0.29) is 11.7 Å². The van der Waals surface area contributed by atoms with Crippen LogP contribution in [0.2, 0.25) is 0 Å².